The van der Waals surface area contributed by atoms with Crippen molar-refractivity contribution in [2.45, 2.75) is 11.4 Å². The Labute approximate surface area is 193 Å². The molecule has 3 heterocycles. The summed E-state index contributed by atoms with van der Waals surface area (Å²) in [4.78, 5) is 35.5. The minimum Gasteiger partial charge on any atom is -0.482 e. The maximum absolute atomic E-state index is 12.8. The van der Waals surface area contributed by atoms with Crippen molar-refractivity contribution < 1.29 is 22.7 Å². The molecule has 0 aliphatic carbocycles. The fraction of sp³-hybridized carbons (Fsp3) is 0.0909. The smallest absolute Gasteiger partial charge is 0.272 e. The molecule has 5 rings (SSSR count). The molecular formula is C22H18N6O5S. The van der Waals surface area contributed by atoms with Crippen LogP contribution in [-0.4, -0.2) is 41.8 Å². The van der Waals surface area contributed by atoms with Crippen LogP contribution in [0.2, 0.25) is 0 Å². The minimum atomic E-state index is -3.84. The van der Waals surface area contributed by atoms with Gasteiger partial charge in [-0.2, -0.15) is 0 Å². The highest BCUT2D eigenvalue weighted by atomic mass is 32.2. The van der Waals surface area contributed by atoms with E-state index in [0.717, 1.165) is 5.56 Å². The fourth-order valence-electron chi connectivity index (χ4n) is 3.50. The third-order valence-corrected chi connectivity index (χ3v) is 6.49. The number of sulfonamides is 1. The highest BCUT2D eigenvalue weighted by molar-refractivity contribution is 7.92. The SMILES string of the molecule is O=C1COc2ccc(CNC(=O)c3ncnc4c(NS(=O)(=O)c5ccccc5)c[nH]c34)cc2N1. The lowest BCUT2D eigenvalue weighted by Gasteiger charge is -2.18. The average Bonchev–Trinajstić information content (AvgIpc) is 3.25. The van der Waals surface area contributed by atoms with Crippen molar-refractivity contribution in [2.24, 2.45) is 0 Å². The van der Waals surface area contributed by atoms with Crippen molar-refractivity contribution in [3.05, 3.63) is 72.3 Å². The van der Waals surface area contributed by atoms with Crippen molar-refractivity contribution in [1.82, 2.24) is 20.3 Å². The van der Waals surface area contributed by atoms with Gasteiger partial charge in [0.05, 0.1) is 21.8 Å². The van der Waals surface area contributed by atoms with Gasteiger partial charge in [0.2, 0.25) is 0 Å². The highest BCUT2D eigenvalue weighted by Gasteiger charge is 2.21. The quantitative estimate of drug-likeness (QED) is 0.330. The molecule has 34 heavy (non-hydrogen) atoms. The standard InChI is InChI=1S/C22H18N6O5S/c29-18-11-33-17-7-6-13(8-15(17)27-18)9-24-22(30)21-20-19(25-12-26-21)16(10-23-20)28-34(31,32)14-4-2-1-3-5-14/h1-8,10,12,23,28H,9,11H2,(H,24,30)(H,27,29). The summed E-state index contributed by atoms with van der Waals surface area (Å²) >= 11 is 0. The Balaban J connectivity index is 1.34. The predicted molar refractivity (Wildman–Crippen MR) is 123 cm³/mol. The van der Waals surface area contributed by atoms with E-state index in [0.29, 0.717) is 11.4 Å². The van der Waals surface area contributed by atoms with E-state index in [1.807, 2.05) is 0 Å². The average molecular weight is 478 g/mol. The molecule has 0 atom stereocenters. The number of H-pyrrole nitrogens is 1. The summed E-state index contributed by atoms with van der Waals surface area (Å²) in [6.45, 7) is 0.133. The van der Waals surface area contributed by atoms with E-state index in [4.69, 9.17) is 4.74 Å². The van der Waals surface area contributed by atoms with Gasteiger partial charge in [0.25, 0.3) is 21.8 Å². The lowest BCUT2D eigenvalue weighted by atomic mass is 10.1. The number of fused-ring (bicyclic) bond motifs is 2. The lowest BCUT2D eigenvalue weighted by Crippen LogP contribution is -2.26. The van der Waals surface area contributed by atoms with Crippen LogP contribution >= 0.6 is 0 Å². The number of nitrogens with zero attached hydrogens (tertiary/aromatic N) is 2. The monoisotopic (exact) mass is 478 g/mol. The van der Waals surface area contributed by atoms with Gasteiger partial charge in [-0.1, -0.05) is 24.3 Å². The third kappa shape index (κ3) is 4.13. The van der Waals surface area contributed by atoms with Crippen LogP contribution in [-0.2, 0) is 21.4 Å². The van der Waals surface area contributed by atoms with E-state index in [2.05, 4.69) is 30.3 Å². The molecule has 1 aliphatic heterocycles. The van der Waals surface area contributed by atoms with Crippen LogP contribution in [0.1, 0.15) is 16.1 Å². The molecule has 2 aromatic carbocycles. The van der Waals surface area contributed by atoms with Gasteiger partial charge in [-0.3, -0.25) is 14.3 Å². The number of hydrogen-bond acceptors (Lipinski definition) is 7. The molecule has 0 fully saturated rings. The Hall–Kier alpha value is -4.45. The lowest BCUT2D eigenvalue weighted by molar-refractivity contribution is -0.118. The topological polar surface area (TPSA) is 155 Å². The van der Waals surface area contributed by atoms with Crippen molar-refractivity contribution >= 4 is 44.2 Å². The molecule has 0 bridgehead atoms. The van der Waals surface area contributed by atoms with Crippen LogP contribution in [0.5, 0.6) is 5.75 Å². The summed E-state index contributed by atoms with van der Waals surface area (Å²) < 4.78 is 33.1. The Bertz CT molecular complexity index is 1520. The van der Waals surface area contributed by atoms with Crippen molar-refractivity contribution in [2.75, 3.05) is 16.6 Å². The van der Waals surface area contributed by atoms with E-state index in [1.165, 1.54) is 24.7 Å². The predicted octanol–water partition coefficient (Wildman–Crippen LogP) is 2.02. The van der Waals surface area contributed by atoms with Gasteiger partial charge in [-0.25, -0.2) is 18.4 Å². The van der Waals surface area contributed by atoms with Gasteiger partial charge in [0.1, 0.15) is 17.6 Å². The number of rotatable bonds is 6. The van der Waals surface area contributed by atoms with Crippen molar-refractivity contribution in [3.8, 4) is 5.75 Å². The first-order valence-corrected chi connectivity index (χ1v) is 11.6. The number of hydrogen-bond donors (Lipinski definition) is 4. The molecule has 1 aliphatic rings. The molecule has 11 nitrogen and oxygen atoms in total. The number of benzene rings is 2. The zero-order valence-electron chi connectivity index (χ0n) is 17.5. The second-order valence-electron chi connectivity index (χ2n) is 7.42. The number of amides is 2. The Kier molecular flexibility index (Phi) is 5.34. The number of aromatic amines is 1. The fourth-order valence-corrected chi connectivity index (χ4v) is 4.58. The molecule has 2 aromatic heterocycles. The molecule has 0 saturated heterocycles. The second kappa shape index (κ2) is 8.48. The Morgan fingerprint density at radius 1 is 1.12 bits per heavy atom. The van der Waals surface area contributed by atoms with Gasteiger partial charge in [0, 0.05) is 12.7 Å². The van der Waals surface area contributed by atoms with E-state index >= 15 is 0 Å². The maximum atomic E-state index is 12.8. The summed E-state index contributed by atoms with van der Waals surface area (Å²) in [5.41, 5.74) is 2.08. The van der Waals surface area contributed by atoms with Crippen LogP contribution in [0.4, 0.5) is 11.4 Å². The van der Waals surface area contributed by atoms with Crippen molar-refractivity contribution in [1.29, 1.82) is 0 Å². The Morgan fingerprint density at radius 3 is 2.76 bits per heavy atom. The number of anilines is 2. The molecule has 0 spiro atoms. The molecule has 4 aromatic rings. The number of carbonyl (C=O) groups excluding carboxylic acids is 2. The third-order valence-electron chi connectivity index (χ3n) is 5.11. The number of aromatic nitrogens is 3. The number of carbonyl (C=O) groups is 2. The number of nitrogens with one attached hydrogen (secondary N) is 4. The van der Waals surface area contributed by atoms with E-state index in [1.54, 1.807) is 36.4 Å². The van der Waals surface area contributed by atoms with Gasteiger partial charge >= 0.3 is 0 Å². The number of ether oxygens (including phenoxy) is 1. The molecule has 0 radical (unpaired) electrons. The first kappa shape index (κ1) is 21.4. The van der Waals surface area contributed by atoms with Crippen LogP contribution in [0.15, 0.2) is 66.0 Å². The van der Waals surface area contributed by atoms with E-state index < -0.39 is 15.9 Å². The van der Waals surface area contributed by atoms with Gasteiger partial charge in [-0.05, 0) is 29.8 Å². The molecule has 0 unspecified atom stereocenters. The first-order chi connectivity index (χ1) is 16.4. The molecule has 0 saturated carbocycles. The van der Waals surface area contributed by atoms with Gasteiger partial charge < -0.3 is 20.4 Å². The summed E-state index contributed by atoms with van der Waals surface area (Å²) in [6, 6.07) is 13.1. The molecule has 172 valence electrons. The zero-order chi connectivity index (χ0) is 23.7. The summed E-state index contributed by atoms with van der Waals surface area (Å²) in [6.07, 6.45) is 2.61. The molecule has 12 heteroatoms. The second-order valence-corrected chi connectivity index (χ2v) is 9.10. The normalized spacial score (nSPS) is 13.0. The minimum absolute atomic E-state index is 0.0353. The largest absolute Gasteiger partial charge is 0.482 e. The van der Waals surface area contributed by atoms with Crippen LogP contribution in [0.25, 0.3) is 11.0 Å². The molecule has 2 amide bonds. The van der Waals surface area contributed by atoms with E-state index in [9.17, 15) is 18.0 Å². The summed E-state index contributed by atoms with van der Waals surface area (Å²) in [7, 11) is -3.84. The molecular weight excluding hydrogens is 460 g/mol. The van der Waals surface area contributed by atoms with E-state index in [-0.39, 0.29) is 46.4 Å². The summed E-state index contributed by atoms with van der Waals surface area (Å²) in [5.74, 6) is -0.170. The van der Waals surface area contributed by atoms with Crippen LogP contribution in [0, 0.1) is 0 Å². The zero-order valence-corrected chi connectivity index (χ0v) is 18.3. The molecule has 4 N–H and O–H groups in total. The van der Waals surface area contributed by atoms with Crippen LogP contribution < -0.4 is 20.1 Å². The van der Waals surface area contributed by atoms with Crippen molar-refractivity contribution in [3.63, 3.8) is 0 Å². The van der Waals surface area contributed by atoms with Gasteiger partial charge in [0.15, 0.2) is 12.3 Å². The maximum Gasteiger partial charge on any atom is 0.272 e. The summed E-state index contributed by atoms with van der Waals surface area (Å²) in [5, 5.41) is 5.49. The van der Waals surface area contributed by atoms with Crippen LogP contribution in [0.3, 0.4) is 0 Å². The highest BCUT2D eigenvalue weighted by Crippen LogP contribution is 2.29. The Morgan fingerprint density at radius 2 is 1.94 bits per heavy atom. The van der Waals surface area contributed by atoms with Gasteiger partial charge in [-0.15, -0.1) is 0 Å². The first-order valence-electron chi connectivity index (χ1n) is 10.1.